The number of piperidine rings is 1. The molecule has 5 nitrogen and oxygen atoms in total. The number of rotatable bonds is 6. The van der Waals surface area contributed by atoms with Gasteiger partial charge < -0.3 is 10.1 Å². The summed E-state index contributed by atoms with van der Waals surface area (Å²) in [7, 11) is -3.63. The van der Waals surface area contributed by atoms with E-state index in [4.69, 9.17) is 16.3 Å². The van der Waals surface area contributed by atoms with Gasteiger partial charge in [0.1, 0.15) is 5.75 Å². The first kappa shape index (κ1) is 20.5. The van der Waals surface area contributed by atoms with Gasteiger partial charge in [-0.15, -0.1) is 0 Å². The highest BCUT2D eigenvalue weighted by Gasteiger charge is 2.42. The van der Waals surface area contributed by atoms with Crippen LogP contribution < -0.4 is 14.8 Å². The minimum absolute atomic E-state index is 0.00959. The molecule has 0 unspecified atom stereocenters. The number of nitrogens with two attached hydrogens (primary N) is 1. The molecule has 3 N–H and O–H groups in total. The Morgan fingerprint density at radius 2 is 1.84 bits per heavy atom. The second-order valence-corrected chi connectivity index (χ2v) is 10.4. The van der Waals surface area contributed by atoms with Crippen molar-refractivity contribution in [1.82, 2.24) is 4.72 Å². The van der Waals surface area contributed by atoms with Crippen LogP contribution in [0.3, 0.4) is 0 Å². The van der Waals surface area contributed by atoms with E-state index in [1.165, 1.54) is 12.1 Å². The highest BCUT2D eigenvalue weighted by atomic mass is 35.5. The number of quaternary nitrogens is 1. The Labute approximate surface area is 156 Å². The number of nitrogens with one attached hydrogen (secondary N) is 1. The summed E-state index contributed by atoms with van der Waals surface area (Å²) in [5.41, 5.74) is -0.0192. The van der Waals surface area contributed by atoms with E-state index >= 15 is 0 Å². The van der Waals surface area contributed by atoms with Gasteiger partial charge in [-0.1, -0.05) is 18.5 Å². The van der Waals surface area contributed by atoms with Crippen molar-refractivity contribution in [3.8, 4) is 5.75 Å². The quantitative estimate of drug-likeness (QED) is 0.785. The zero-order valence-corrected chi connectivity index (χ0v) is 17.3. The van der Waals surface area contributed by atoms with Crippen LogP contribution in [0, 0.1) is 0 Å². The first-order chi connectivity index (χ1) is 11.4. The van der Waals surface area contributed by atoms with Gasteiger partial charge in [0, 0.05) is 24.9 Å². The van der Waals surface area contributed by atoms with Crippen molar-refractivity contribution in [1.29, 1.82) is 0 Å². The zero-order chi connectivity index (χ0) is 18.9. The molecule has 1 saturated heterocycles. The van der Waals surface area contributed by atoms with E-state index in [0.29, 0.717) is 17.4 Å². The van der Waals surface area contributed by atoms with Gasteiger partial charge in [0.05, 0.1) is 27.6 Å². The minimum Gasteiger partial charge on any atom is -0.492 e. The standard InChI is InChI=1S/C18H29ClN2O3S/c1-6-9-24-16-10-14(7-8-15(16)19)25(22,23)20-13-11-17(2,3)21-18(4,5)12-13/h7-8,10,13,20-21H,6,9,11-12H2,1-5H3/p+1. The van der Waals surface area contributed by atoms with Crippen LogP contribution in [-0.2, 0) is 10.0 Å². The first-order valence-corrected chi connectivity index (χ1v) is 10.6. The topological polar surface area (TPSA) is 72.0 Å². The van der Waals surface area contributed by atoms with Crippen molar-refractivity contribution in [2.24, 2.45) is 0 Å². The number of benzene rings is 1. The fraction of sp³-hybridized carbons (Fsp3) is 0.667. The van der Waals surface area contributed by atoms with Crippen molar-refractivity contribution in [3.05, 3.63) is 23.2 Å². The first-order valence-electron chi connectivity index (χ1n) is 8.76. The Morgan fingerprint density at radius 1 is 1.24 bits per heavy atom. The Bertz CT molecular complexity index is 701. The normalized spacial score (nSPS) is 20.4. The summed E-state index contributed by atoms with van der Waals surface area (Å²) in [4.78, 5) is 0.188. The van der Waals surface area contributed by atoms with Gasteiger partial charge >= 0.3 is 0 Å². The van der Waals surface area contributed by atoms with Gasteiger partial charge in [-0.25, -0.2) is 13.1 Å². The summed E-state index contributed by atoms with van der Waals surface area (Å²) in [5, 5.41) is 2.74. The van der Waals surface area contributed by atoms with E-state index in [9.17, 15) is 8.42 Å². The number of hydrogen-bond donors (Lipinski definition) is 2. The molecule has 1 aromatic carbocycles. The summed E-state index contributed by atoms with van der Waals surface area (Å²) in [6.07, 6.45) is 2.39. The van der Waals surface area contributed by atoms with Crippen molar-refractivity contribution in [3.63, 3.8) is 0 Å². The molecule has 0 atom stereocenters. The summed E-state index contributed by atoms with van der Waals surface area (Å²) < 4.78 is 34.1. The third-order valence-corrected chi connectivity index (χ3v) is 6.15. The SMILES string of the molecule is CCCOc1cc(S(=O)(=O)NC2CC(C)(C)[NH2+]C(C)(C)C2)ccc1Cl. The fourth-order valence-corrected chi connectivity index (χ4v) is 5.29. The number of sulfonamides is 1. The van der Waals surface area contributed by atoms with Crippen LogP contribution in [0.25, 0.3) is 0 Å². The molecule has 0 spiro atoms. The lowest BCUT2D eigenvalue weighted by Crippen LogP contribution is -3.06. The summed E-state index contributed by atoms with van der Waals surface area (Å²) >= 11 is 6.10. The van der Waals surface area contributed by atoms with Crippen LogP contribution in [0.5, 0.6) is 5.75 Å². The smallest absolute Gasteiger partial charge is 0.240 e. The van der Waals surface area contributed by atoms with Gasteiger partial charge in [0.25, 0.3) is 0 Å². The Morgan fingerprint density at radius 3 is 2.40 bits per heavy atom. The maximum Gasteiger partial charge on any atom is 0.240 e. The predicted molar refractivity (Wildman–Crippen MR) is 101 cm³/mol. The van der Waals surface area contributed by atoms with E-state index in [1.54, 1.807) is 6.07 Å². The van der Waals surface area contributed by atoms with Gasteiger partial charge in [0.15, 0.2) is 0 Å². The van der Waals surface area contributed by atoms with Gasteiger partial charge in [-0.3, -0.25) is 0 Å². The highest BCUT2D eigenvalue weighted by molar-refractivity contribution is 7.89. The highest BCUT2D eigenvalue weighted by Crippen LogP contribution is 2.29. The molecule has 0 bridgehead atoms. The molecule has 1 aliphatic heterocycles. The lowest BCUT2D eigenvalue weighted by molar-refractivity contribution is -0.787. The van der Waals surface area contributed by atoms with Crippen LogP contribution in [-0.4, -0.2) is 32.1 Å². The van der Waals surface area contributed by atoms with Crippen molar-refractivity contribution >= 4 is 21.6 Å². The van der Waals surface area contributed by atoms with Gasteiger partial charge in [-0.05, 0) is 46.2 Å². The summed E-state index contributed by atoms with van der Waals surface area (Å²) in [6.45, 7) is 11.1. The number of halogens is 1. The van der Waals surface area contributed by atoms with Crippen LogP contribution >= 0.6 is 11.6 Å². The molecule has 7 heteroatoms. The average molecular weight is 390 g/mol. The van der Waals surface area contributed by atoms with Gasteiger partial charge in [-0.2, -0.15) is 0 Å². The second-order valence-electron chi connectivity index (χ2n) is 8.29. The predicted octanol–water partition coefficient (Wildman–Crippen LogP) is 2.69. The lowest BCUT2D eigenvalue weighted by Gasteiger charge is -2.43. The van der Waals surface area contributed by atoms with Crippen LogP contribution in [0.1, 0.15) is 53.9 Å². The maximum atomic E-state index is 12.8. The van der Waals surface area contributed by atoms with E-state index in [1.807, 2.05) is 6.92 Å². The average Bonchev–Trinajstić information content (AvgIpc) is 2.42. The van der Waals surface area contributed by atoms with Gasteiger partial charge in [0.2, 0.25) is 10.0 Å². The third-order valence-electron chi connectivity index (χ3n) is 4.32. The monoisotopic (exact) mass is 389 g/mol. The summed E-state index contributed by atoms with van der Waals surface area (Å²) in [5.74, 6) is 0.407. The second kappa shape index (κ2) is 7.43. The molecule has 0 aromatic heterocycles. The molecule has 1 aliphatic rings. The largest absolute Gasteiger partial charge is 0.492 e. The molecule has 0 amide bonds. The molecule has 25 heavy (non-hydrogen) atoms. The maximum absolute atomic E-state index is 12.8. The summed E-state index contributed by atoms with van der Waals surface area (Å²) in [6, 6.07) is 4.50. The van der Waals surface area contributed by atoms with Crippen LogP contribution in [0.4, 0.5) is 0 Å². The Kier molecular flexibility index (Phi) is 6.09. The minimum atomic E-state index is -3.63. The van der Waals surface area contributed by atoms with E-state index < -0.39 is 10.0 Å². The lowest BCUT2D eigenvalue weighted by atomic mass is 9.80. The molecule has 1 fully saturated rings. The molecular formula is C18H30ClN2O3S+. The van der Waals surface area contributed by atoms with Crippen LogP contribution in [0.2, 0.25) is 5.02 Å². The Balaban J connectivity index is 2.21. The molecule has 142 valence electrons. The molecule has 0 saturated carbocycles. The van der Waals surface area contributed by atoms with Crippen molar-refractivity contribution < 1.29 is 18.5 Å². The molecule has 0 aliphatic carbocycles. The molecule has 0 radical (unpaired) electrons. The van der Waals surface area contributed by atoms with E-state index in [2.05, 4.69) is 37.7 Å². The van der Waals surface area contributed by atoms with Crippen molar-refractivity contribution in [2.75, 3.05) is 6.61 Å². The van der Waals surface area contributed by atoms with E-state index in [-0.39, 0.29) is 22.0 Å². The molecule has 1 aromatic rings. The molecule has 2 rings (SSSR count). The Hall–Kier alpha value is -0.820. The van der Waals surface area contributed by atoms with Crippen LogP contribution in [0.15, 0.2) is 23.1 Å². The number of hydrogen-bond acceptors (Lipinski definition) is 3. The third kappa shape index (κ3) is 5.58. The molecule has 1 heterocycles. The molecular weight excluding hydrogens is 360 g/mol. The van der Waals surface area contributed by atoms with Crippen molar-refractivity contribution in [2.45, 2.75) is 75.9 Å². The number of ether oxygens (including phenoxy) is 1. The van der Waals surface area contributed by atoms with E-state index in [0.717, 1.165) is 19.3 Å². The fourth-order valence-electron chi connectivity index (χ4n) is 3.86. The zero-order valence-electron chi connectivity index (χ0n) is 15.7.